The van der Waals surface area contributed by atoms with Crippen LogP contribution in [0.2, 0.25) is 0 Å². The average Bonchev–Trinajstić information content (AvgIpc) is 3.20. The maximum absolute atomic E-state index is 13.5. The molecule has 0 saturated heterocycles. The van der Waals surface area contributed by atoms with Gasteiger partial charge in [0.25, 0.3) is 5.56 Å². The lowest BCUT2D eigenvalue weighted by Gasteiger charge is -2.21. The van der Waals surface area contributed by atoms with E-state index in [-0.39, 0.29) is 5.56 Å². The number of nitrogens with zero attached hydrogens (tertiary/aromatic N) is 5. The molecule has 0 spiro atoms. The zero-order valence-corrected chi connectivity index (χ0v) is 14.9. The summed E-state index contributed by atoms with van der Waals surface area (Å²) in [5.74, 6) is 0.568. The van der Waals surface area contributed by atoms with Crippen LogP contribution in [0, 0.1) is 6.92 Å². The van der Waals surface area contributed by atoms with Gasteiger partial charge in [0.15, 0.2) is 0 Å². The van der Waals surface area contributed by atoms with Gasteiger partial charge >= 0.3 is 0 Å². The van der Waals surface area contributed by atoms with Gasteiger partial charge in [-0.25, -0.2) is 4.57 Å². The molecule has 0 N–H and O–H groups in total. The minimum Gasteiger partial charge on any atom is -0.301 e. The predicted molar refractivity (Wildman–Crippen MR) is 98.7 cm³/mol. The van der Waals surface area contributed by atoms with E-state index in [2.05, 4.69) is 22.1 Å². The van der Waals surface area contributed by atoms with Crippen molar-refractivity contribution in [3.05, 3.63) is 57.0 Å². The van der Waals surface area contributed by atoms with Crippen molar-refractivity contribution in [3.8, 4) is 5.69 Å². The highest BCUT2D eigenvalue weighted by Gasteiger charge is 2.25. The second-order valence-corrected chi connectivity index (χ2v) is 7.68. The summed E-state index contributed by atoms with van der Waals surface area (Å²) in [5, 5.41) is 9.14. The Morgan fingerprint density at radius 3 is 2.92 bits per heavy atom. The maximum Gasteiger partial charge on any atom is 0.268 e. The molecule has 1 aliphatic heterocycles. The first kappa shape index (κ1) is 14.8. The van der Waals surface area contributed by atoms with E-state index < -0.39 is 0 Å². The molecule has 4 heterocycles. The van der Waals surface area contributed by atoms with Gasteiger partial charge in [0.2, 0.25) is 5.78 Å². The molecule has 25 heavy (non-hydrogen) atoms. The number of likely N-dealkylation sites (N-methyl/N-ethyl adjacent to an activating group) is 1. The van der Waals surface area contributed by atoms with Crippen LogP contribution < -0.4 is 5.56 Å². The van der Waals surface area contributed by atoms with Crippen molar-refractivity contribution in [1.82, 2.24) is 24.1 Å². The van der Waals surface area contributed by atoms with Crippen molar-refractivity contribution in [1.29, 1.82) is 0 Å². The van der Waals surface area contributed by atoms with Crippen molar-refractivity contribution in [3.63, 3.8) is 0 Å². The summed E-state index contributed by atoms with van der Waals surface area (Å²) >= 11 is 1.69. The number of hydrogen-bond acceptors (Lipinski definition) is 5. The molecular weight excluding hydrogens is 334 g/mol. The van der Waals surface area contributed by atoms with Crippen LogP contribution in [0.1, 0.15) is 16.0 Å². The third-order valence-corrected chi connectivity index (χ3v) is 6.17. The van der Waals surface area contributed by atoms with E-state index >= 15 is 0 Å². The van der Waals surface area contributed by atoms with Crippen LogP contribution in [0.5, 0.6) is 0 Å². The number of aryl methyl sites for hydroxylation is 1. The minimum absolute atomic E-state index is 0.00635. The van der Waals surface area contributed by atoms with E-state index in [4.69, 9.17) is 0 Å². The molecule has 0 saturated carbocycles. The summed E-state index contributed by atoms with van der Waals surface area (Å²) < 4.78 is 3.65. The molecular formula is C18H17N5OS. The normalized spacial score (nSPS) is 15.1. The zero-order chi connectivity index (χ0) is 17.1. The Bertz CT molecular complexity index is 1190. The third-order valence-electron chi connectivity index (χ3n) is 4.95. The first-order valence-electron chi connectivity index (χ1n) is 8.28. The van der Waals surface area contributed by atoms with Crippen LogP contribution in [-0.2, 0) is 13.0 Å². The topological polar surface area (TPSA) is 55.4 Å². The molecule has 6 nitrogen and oxygen atoms in total. The van der Waals surface area contributed by atoms with Gasteiger partial charge < -0.3 is 4.90 Å². The second kappa shape index (κ2) is 5.24. The van der Waals surface area contributed by atoms with Gasteiger partial charge in [0.1, 0.15) is 11.2 Å². The van der Waals surface area contributed by atoms with Gasteiger partial charge in [0, 0.05) is 18.0 Å². The van der Waals surface area contributed by atoms with Crippen molar-refractivity contribution in [2.24, 2.45) is 0 Å². The standard InChI is InChI=1S/C18H17N5OS/c1-11-5-3-4-6-13(11)23-16(24)15-12-7-8-21(2)9-14(12)25-17(15)22-10-19-20-18(22)23/h3-6,10H,7-9H2,1-2H3. The average molecular weight is 351 g/mol. The number of aromatic nitrogens is 4. The lowest BCUT2D eigenvalue weighted by molar-refractivity contribution is 0.318. The van der Waals surface area contributed by atoms with E-state index in [1.165, 1.54) is 10.4 Å². The van der Waals surface area contributed by atoms with E-state index in [0.717, 1.165) is 41.0 Å². The summed E-state index contributed by atoms with van der Waals surface area (Å²) in [4.78, 5) is 18.0. The molecule has 5 rings (SSSR count). The van der Waals surface area contributed by atoms with Crippen molar-refractivity contribution < 1.29 is 0 Å². The molecule has 0 aliphatic carbocycles. The highest BCUT2D eigenvalue weighted by atomic mass is 32.1. The van der Waals surface area contributed by atoms with Crippen molar-refractivity contribution in [2.75, 3.05) is 13.6 Å². The Kier molecular flexibility index (Phi) is 3.10. The fourth-order valence-electron chi connectivity index (χ4n) is 3.67. The molecule has 0 radical (unpaired) electrons. The van der Waals surface area contributed by atoms with Crippen LogP contribution in [0.25, 0.3) is 21.7 Å². The molecule has 0 fully saturated rings. The molecule has 0 amide bonds. The quantitative estimate of drug-likeness (QED) is 0.528. The first-order chi connectivity index (χ1) is 12.1. The van der Waals surface area contributed by atoms with E-state index in [1.807, 2.05) is 35.6 Å². The monoisotopic (exact) mass is 351 g/mol. The third kappa shape index (κ3) is 2.03. The molecule has 0 atom stereocenters. The van der Waals surface area contributed by atoms with Gasteiger partial charge in [-0.2, -0.15) is 0 Å². The second-order valence-electron chi connectivity index (χ2n) is 6.60. The highest BCUT2D eigenvalue weighted by molar-refractivity contribution is 7.18. The van der Waals surface area contributed by atoms with E-state index in [0.29, 0.717) is 5.78 Å². The van der Waals surface area contributed by atoms with Crippen molar-refractivity contribution in [2.45, 2.75) is 19.9 Å². The predicted octanol–water partition coefficient (Wildman–Crippen LogP) is 2.39. The van der Waals surface area contributed by atoms with Crippen LogP contribution in [0.15, 0.2) is 35.4 Å². The van der Waals surface area contributed by atoms with E-state index in [1.54, 1.807) is 22.2 Å². The molecule has 126 valence electrons. The largest absolute Gasteiger partial charge is 0.301 e. The Balaban J connectivity index is 1.96. The van der Waals surface area contributed by atoms with Crippen LogP contribution >= 0.6 is 11.3 Å². The van der Waals surface area contributed by atoms with Gasteiger partial charge in [-0.1, -0.05) is 18.2 Å². The maximum atomic E-state index is 13.5. The number of para-hydroxylation sites is 1. The van der Waals surface area contributed by atoms with Gasteiger partial charge in [-0.3, -0.25) is 9.20 Å². The number of rotatable bonds is 1. The molecule has 4 aromatic rings. The smallest absolute Gasteiger partial charge is 0.268 e. The van der Waals surface area contributed by atoms with Crippen LogP contribution in [-0.4, -0.2) is 37.7 Å². The number of benzene rings is 1. The SMILES string of the molecule is Cc1ccccc1-n1c(=O)c2c3c(sc2n2cnnc12)CN(C)CC3. The fraction of sp³-hybridized carbons (Fsp3) is 0.278. The fourth-order valence-corrected chi connectivity index (χ4v) is 5.05. The first-order valence-corrected chi connectivity index (χ1v) is 9.10. The minimum atomic E-state index is 0.00635. The Morgan fingerprint density at radius 2 is 2.08 bits per heavy atom. The Labute approximate surface area is 148 Å². The lowest BCUT2D eigenvalue weighted by atomic mass is 10.1. The zero-order valence-electron chi connectivity index (χ0n) is 14.1. The van der Waals surface area contributed by atoms with Crippen molar-refractivity contribution >= 4 is 27.3 Å². The Hall–Kier alpha value is -2.51. The van der Waals surface area contributed by atoms with Gasteiger partial charge in [-0.05, 0) is 37.6 Å². The number of fused-ring (bicyclic) bond motifs is 5. The van der Waals surface area contributed by atoms with Gasteiger partial charge in [0.05, 0.1) is 11.1 Å². The van der Waals surface area contributed by atoms with Crippen LogP contribution in [0.4, 0.5) is 0 Å². The van der Waals surface area contributed by atoms with Gasteiger partial charge in [-0.15, -0.1) is 21.5 Å². The van der Waals surface area contributed by atoms with Crippen LogP contribution in [0.3, 0.4) is 0 Å². The molecule has 1 aromatic carbocycles. The summed E-state index contributed by atoms with van der Waals surface area (Å²) in [7, 11) is 2.12. The Morgan fingerprint density at radius 1 is 1.24 bits per heavy atom. The van der Waals surface area contributed by atoms with E-state index in [9.17, 15) is 4.79 Å². The summed E-state index contributed by atoms with van der Waals surface area (Å²) in [6.07, 6.45) is 2.61. The summed E-state index contributed by atoms with van der Waals surface area (Å²) in [5.41, 5.74) is 3.10. The molecule has 3 aromatic heterocycles. The molecule has 0 bridgehead atoms. The summed E-state index contributed by atoms with van der Waals surface area (Å²) in [6.45, 7) is 3.88. The molecule has 7 heteroatoms. The number of thiophene rings is 1. The molecule has 1 aliphatic rings. The summed E-state index contributed by atoms with van der Waals surface area (Å²) in [6, 6.07) is 7.90. The lowest BCUT2D eigenvalue weighted by Crippen LogP contribution is -2.27. The number of hydrogen-bond donors (Lipinski definition) is 0. The molecule has 0 unspecified atom stereocenters. The highest BCUT2D eigenvalue weighted by Crippen LogP contribution is 2.33.